The van der Waals surface area contributed by atoms with Crippen molar-refractivity contribution in [2.45, 2.75) is 6.92 Å². The fraction of sp³-hybridized carbons (Fsp3) is 0.0690. The van der Waals surface area contributed by atoms with E-state index in [1.54, 1.807) is 36.0 Å². The van der Waals surface area contributed by atoms with Gasteiger partial charge >= 0.3 is 0 Å². The van der Waals surface area contributed by atoms with E-state index in [2.05, 4.69) is 90.4 Å². The molecule has 0 atom stereocenters. The lowest BCUT2D eigenvalue weighted by molar-refractivity contribution is 0.0968. The zero-order valence-electron chi connectivity index (χ0n) is 18.9. The van der Waals surface area contributed by atoms with Crippen LogP contribution in [0.5, 0.6) is 0 Å². The Morgan fingerprint density at radius 1 is 0.765 bits per heavy atom. The van der Waals surface area contributed by atoms with Crippen LogP contribution in [-0.2, 0) is 0 Å². The van der Waals surface area contributed by atoms with Crippen LogP contribution in [0.3, 0.4) is 0 Å². The van der Waals surface area contributed by atoms with Crippen molar-refractivity contribution in [2.75, 3.05) is 5.75 Å². The quantitative estimate of drug-likeness (QED) is 0.274. The van der Waals surface area contributed by atoms with Crippen molar-refractivity contribution in [1.82, 2.24) is 5.32 Å². The summed E-state index contributed by atoms with van der Waals surface area (Å²) >= 11 is 7.76. The molecular weight excluding hydrogens is 477 g/mol. The van der Waals surface area contributed by atoms with Gasteiger partial charge in [0.2, 0.25) is 0 Å². The highest BCUT2D eigenvalue weighted by Gasteiger charge is 2.50. The molecule has 170 valence electrons. The Labute approximate surface area is 211 Å². The van der Waals surface area contributed by atoms with Gasteiger partial charge in [0.1, 0.15) is 15.9 Å². The molecule has 2 nitrogen and oxygen atoms in total. The van der Waals surface area contributed by atoms with Crippen molar-refractivity contribution in [3.05, 3.63) is 137 Å². The molecule has 0 saturated heterocycles. The molecule has 0 aliphatic carbocycles. The second-order valence-corrected chi connectivity index (χ2v) is 12.6. The second-order valence-electron chi connectivity index (χ2n) is 7.60. The van der Waals surface area contributed by atoms with Gasteiger partial charge in [-0.2, -0.15) is 0 Å². The molecule has 0 bridgehead atoms. The number of hydrogen-bond acceptors (Lipinski definition) is 2. The number of benzene rings is 4. The number of hydrogen-bond donors (Lipinski definition) is 1. The van der Waals surface area contributed by atoms with E-state index in [9.17, 15) is 4.79 Å². The number of carbonyl (C=O) groups excluding carboxylic acids is 1. The Kier molecular flexibility index (Phi) is 8.24. The summed E-state index contributed by atoms with van der Waals surface area (Å²) in [6.45, 7) is 2.12. The number of nitrogens with one attached hydrogen (secondary N) is 1. The summed E-state index contributed by atoms with van der Waals surface area (Å²) < 4.78 is 0. The molecule has 4 aromatic carbocycles. The standard InChI is InChI=1S/C29H25ClNOPS/c1-2-34-22-28(31-29(32)23-18-20-24(30)21-19-23)33(25-12-6-3-7-13-25,26-14-8-4-9-15-26)27-16-10-5-11-17-27/h3-22H,2H2,1H3/p+1/b28-22+. The van der Waals surface area contributed by atoms with Crippen LogP contribution in [0.1, 0.15) is 17.3 Å². The molecule has 5 heteroatoms. The maximum atomic E-state index is 13.5. The van der Waals surface area contributed by atoms with E-state index in [-0.39, 0.29) is 5.91 Å². The van der Waals surface area contributed by atoms with Gasteiger partial charge in [0, 0.05) is 16.0 Å². The van der Waals surface area contributed by atoms with E-state index in [0.717, 1.165) is 11.2 Å². The summed E-state index contributed by atoms with van der Waals surface area (Å²) in [5, 5.41) is 9.63. The fourth-order valence-electron chi connectivity index (χ4n) is 3.96. The minimum absolute atomic E-state index is 0.146. The van der Waals surface area contributed by atoms with Gasteiger partial charge in [0.05, 0.1) is 0 Å². The predicted molar refractivity (Wildman–Crippen MR) is 150 cm³/mol. The van der Waals surface area contributed by atoms with Crippen molar-refractivity contribution in [3.8, 4) is 0 Å². The highest BCUT2D eigenvalue weighted by Crippen LogP contribution is 2.61. The molecule has 0 spiro atoms. The third-order valence-corrected chi connectivity index (χ3v) is 10.8. The molecule has 4 aromatic rings. The number of halogens is 1. The van der Waals surface area contributed by atoms with Gasteiger partial charge in [-0.15, -0.1) is 11.8 Å². The first-order valence-electron chi connectivity index (χ1n) is 11.1. The van der Waals surface area contributed by atoms with E-state index < -0.39 is 7.26 Å². The van der Waals surface area contributed by atoms with Gasteiger partial charge in [0.15, 0.2) is 12.7 Å². The Hall–Kier alpha value is -2.84. The first kappa shape index (κ1) is 24.3. The van der Waals surface area contributed by atoms with E-state index in [0.29, 0.717) is 10.6 Å². The predicted octanol–water partition coefficient (Wildman–Crippen LogP) is 6.62. The van der Waals surface area contributed by atoms with Crippen molar-refractivity contribution in [2.24, 2.45) is 0 Å². The average Bonchev–Trinajstić information content (AvgIpc) is 2.90. The van der Waals surface area contributed by atoms with Crippen molar-refractivity contribution >= 4 is 52.4 Å². The average molecular weight is 503 g/mol. The van der Waals surface area contributed by atoms with Crippen LogP contribution in [-0.4, -0.2) is 11.7 Å². The molecule has 0 unspecified atom stereocenters. The Morgan fingerprint density at radius 2 is 1.21 bits per heavy atom. The van der Waals surface area contributed by atoms with E-state index in [1.165, 1.54) is 15.9 Å². The third kappa shape index (κ3) is 5.13. The minimum atomic E-state index is -2.39. The van der Waals surface area contributed by atoms with Gasteiger partial charge in [-0.25, -0.2) is 0 Å². The van der Waals surface area contributed by atoms with Crippen LogP contribution in [0.15, 0.2) is 126 Å². The molecule has 0 saturated carbocycles. The molecule has 1 N–H and O–H groups in total. The molecule has 34 heavy (non-hydrogen) atoms. The molecule has 0 aliphatic heterocycles. The SMILES string of the molecule is CCS/C=C(\NC(=O)c1ccc(Cl)cc1)[P+](c1ccccc1)(c1ccccc1)c1ccccc1. The lowest BCUT2D eigenvalue weighted by Gasteiger charge is -2.29. The number of thioether (sulfide) groups is 1. The molecule has 0 heterocycles. The highest BCUT2D eigenvalue weighted by atomic mass is 35.5. The lowest BCUT2D eigenvalue weighted by Crippen LogP contribution is -2.38. The summed E-state index contributed by atoms with van der Waals surface area (Å²) in [4.78, 5) is 13.5. The first-order chi connectivity index (χ1) is 16.7. The molecule has 0 aromatic heterocycles. The van der Waals surface area contributed by atoms with Crippen LogP contribution < -0.4 is 21.2 Å². The molecule has 0 fully saturated rings. The lowest BCUT2D eigenvalue weighted by atomic mass is 10.2. The summed E-state index contributed by atoms with van der Waals surface area (Å²) in [6, 6.07) is 38.6. The van der Waals surface area contributed by atoms with E-state index in [1.807, 2.05) is 18.2 Å². The normalized spacial score (nSPS) is 11.8. The third-order valence-electron chi connectivity index (χ3n) is 5.50. The zero-order chi connectivity index (χ0) is 23.8. The Balaban J connectivity index is 1.97. The zero-order valence-corrected chi connectivity index (χ0v) is 21.4. The van der Waals surface area contributed by atoms with Crippen molar-refractivity contribution in [1.29, 1.82) is 0 Å². The largest absolute Gasteiger partial charge is 0.292 e. The molecule has 1 amide bonds. The maximum Gasteiger partial charge on any atom is 0.258 e. The molecule has 4 rings (SSSR count). The summed E-state index contributed by atoms with van der Waals surface area (Å²) in [5.41, 5.74) is 1.49. The van der Waals surface area contributed by atoms with Gasteiger partial charge in [-0.3, -0.25) is 10.1 Å². The molecule has 0 radical (unpaired) electrons. The fourth-order valence-corrected chi connectivity index (χ4v) is 9.19. The number of rotatable bonds is 8. The maximum absolute atomic E-state index is 13.5. The summed E-state index contributed by atoms with van der Waals surface area (Å²) in [6.07, 6.45) is 0. The Bertz CT molecular complexity index is 1150. The highest BCUT2D eigenvalue weighted by molar-refractivity contribution is 8.04. The topological polar surface area (TPSA) is 29.1 Å². The molecular formula is C29H26ClNOPS+. The smallest absolute Gasteiger partial charge is 0.258 e. The van der Waals surface area contributed by atoms with Gasteiger partial charge < -0.3 is 0 Å². The first-order valence-corrected chi connectivity index (χ1v) is 14.3. The van der Waals surface area contributed by atoms with Crippen molar-refractivity contribution in [3.63, 3.8) is 0 Å². The van der Waals surface area contributed by atoms with E-state index in [4.69, 9.17) is 11.6 Å². The minimum Gasteiger partial charge on any atom is -0.292 e. The second kappa shape index (κ2) is 11.5. The van der Waals surface area contributed by atoms with Crippen LogP contribution in [0.4, 0.5) is 0 Å². The summed E-state index contributed by atoms with van der Waals surface area (Å²) in [7, 11) is -2.39. The van der Waals surface area contributed by atoms with Gasteiger partial charge in [-0.05, 0) is 66.4 Å². The van der Waals surface area contributed by atoms with E-state index >= 15 is 0 Å². The molecule has 0 aliphatic rings. The summed E-state index contributed by atoms with van der Waals surface area (Å²) in [5.74, 6) is 0.755. The van der Waals surface area contributed by atoms with Gasteiger partial charge in [-0.1, -0.05) is 73.1 Å². The van der Waals surface area contributed by atoms with Crippen LogP contribution in [0.25, 0.3) is 0 Å². The van der Waals surface area contributed by atoms with Crippen LogP contribution >= 0.6 is 30.6 Å². The number of amides is 1. The van der Waals surface area contributed by atoms with Gasteiger partial charge in [0.25, 0.3) is 5.91 Å². The van der Waals surface area contributed by atoms with Crippen molar-refractivity contribution < 1.29 is 4.79 Å². The monoisotopic (exact) mass is 502 g/mol. The van der Waals surface area contributed by atoms with Crippen LogP contribution in [0, 0.1) is 0 Å². The Morgan fingerprint density at radius 3 is 1.62 bits per heavy atom. The van der Waals surface area contributed by atoms with Crippen LogP contribution in [0.2, 0.25) is 5.02 Å². The number of carbonyl (C=O) groups is 1.